The maximum atomic E-state index is 13.3. The van der Waals surface area contributed by atoms with Crippen molar-refractivity contribution in [2.75, 3.05) is 51.2 Å². The highest BCUT2D eigenvalue weighted by Crippen LogP contribution is 2.48. The van der Waals surface area contributed by atoms with E-state index < -0.39 is 6.03 Å². The number of urea groups is 1. The number of benzene rings is 4. The van der Waals surface area contributed by atoms with E-state index in [-0.39, 0.29) is 30.2 Å². The highest BCUT2D eigenvalue weighted by molar-refractivity contribution is 7.99. The van der Waals surface area contributed by atoms with Gasteiger partial charge in [-0.25, -0.2) is 4.79 Å². The molecule has 1 fully saturated rings. The highest BCUT2D eigenvalue weighted by Gasteiger charge is 2.31. The predicted molar refractivity (Wildman–Crippen MR) is 187 cm³/mol. The summed E-state index contributed by atoms with van der Waals surface area (Å²) in [5, 5.41) is 23.5. The zero-order chi connectivity index (χ0) is 34.9. The first-order valence-electron chi connectivity index (χ1n) is 15.3. The SMILES string of the molecule is COc1cc(C2CCC(c3cc(OC)c(OC)c(OC)c3)O2)cc(NC(=O)N(O)c2ccc(Cl)cc2)c1OCCSc1ccc(C#N)cc1. The number of carbonyl (C=O) groups excluding carboxylic acids is 1. The molecule has 49 heavy (non-hydrogen) atoms. The Bertz CT molecular complexity index is 1780. The molecule has 4 aromatic carbocycles. The van der Waals surface area contributed by atoms with Crippen LogP contribution in [0.4, 0.5) is 16.2 Å². The molecule has 0 spiro atoms. The van der Waals surface area contributed by atoms with E-state index in [1.165, 1.54) is 19.2 Å². The van der Waals surface area contributed by atoms with Gasteiger partial charge >= 0.3 is 6.03 Å². The molecule has 1 aliphatic rings. The average molecular weight is 706 g/mol. The zero-order valence-corrected chi connectivity index (χ0v) is 29.0. The molecule has 4 aromatic rings. The summed E-state index contributed by atoms with van der Waals surface area (Å²) in [6.07, 6.45) is 0.766. The average Bonchev–Trinajstić information content (AvgIpc) is 3.63. The number of ether oxygens (including phenoxy) is 6. The highest BCUT2D eigenvalue weighted by atomic mass is 35.5. The molecule has 0 saturated carbocycles. The van der Waals surface area contributed by atoms with Crippen molar-refractivity contribution in [3.63, 3.8) is 0 Å². The molecule has 2 unspecified atom stereocenters. The number of hydrogen-bond donors (Lipinski definition) is 2. The Hall–Kier alpha value is -4.80. The Morgan fingerprint density at radius 3 is 2.02 bits per heavy atom. The summed E-state index contributed by atoms with van der Waals surface area (Å²) in [4.78, 5) is 14.3. The molecule has 1 saturated heterocycles. The summed E-state index contributed by atoms with van der Waals surface area (Å²) in [5.74, 6) is 2.81. The molecule has 1 aliphatic heterocycles. The van der Waals surface area contributed by atoms with E-state index in [0.29, 0.717) is 63.0 Å². The van der Waals surface area contributed by atoms with Gasteiger partial charge in [0.2, 0.25) is 5.75 Å². The summed E-state index contributed by atoms with van der Waals surface area (Å²) in [7, 11) is 6.21. The van der Waals surface area contributed by atoms with Gasteiger partial charge in [0, 0.05) is 15.7 Å². The largest absolute Gasteiger partial charge is 0.493 e. The van der Waals surface area contributed by atoms with Crippen molar-refractivity contribution in [2.45, 2.75) is 29.9 Å². The quantitative estimate of drug-likeness (QED) is 0.0605. The lowest BCUT2D eigenvalue weighted by molar-refractivity contribution is 0.0437. The number of halogens is 1. The summed E-state index contributed by atoms with van der Waals surface area (Å²) in [6.45, 7) is 0.270. The summed E-state index contributed by atoms with van der Waals surface area (Å²) >= 11 is 7.55. The van der Waals surface area contributed by atoms with Gasteiger partial charge in [-0.05, 0) is 96.8 Å². The monoisotopic (exact) mass is 705 g/mol. The van der Waals surface area contributed by atoms with Crippen molar-refractivity contribution in [1.29, 1.82) is 5.26 Å². The fraction of sp³-hybridized carbons (Fsp3) is 0.278. The van der Waals surface area contributed by atoms with Crippen LogP contribution < -0.4 is 34.1 Å². The third kappa shape index (κ3) is 8.44. The van der Waals surface area contributed by atoms with Crippen molar-refractivity contribution in [2.24, 2.45) is 0 Å². The van der Waals surface area contributed by atoms with E-state index in [0.717, 1.165) is 16.0 Å². The predicted octanol–water partition coefficient (Wildman–Crippen LogP) is 8.44. The van der Waals surface area contributed by atoms with Crippen LogP contribution in [0.3, 0.4) is 0 Å². The molecule has 0 aromatic heterocycles. The van der Waals surface area contributed by atoms with Crippen molar-refractivity contribution in [3.05, 3.63) is 94.5 Å². The fourth-order valence-corrected chi connectivity index (χ4v) is 6.27. The van der Waals surface area contributed by atoms with Gasteiger partial charge in [0.25, 0.3) is 0 Å². The lowest BCUT2D eigenvalue weighted by Gasteiger charge is -2.22. The molecule has 5 rings (SSSR count). The van der Waals surface area contributed by atoms with Crippen LogP contribution in [0.2, 0.25) is 5.02 Å². The van der Waals surface area contributed by atoms with Crippen LogP contribution in [-0.4, -0.2) is 52.0 Å². The van der Waals surface area contributed by atoms with Crippen LogP contribution in [0, 0.1) is 11.3 Å². The minimum atomic E-state index is -0.819. The van der Waals surface area contributed by atoms with E-state index in [1.807, 2.05) is 30.3 Å². The minimum absolute atomic E-state index is 0.221. The lowest BCUT2D eigenvalue weighted by Crippen LogP contribution is -2.32. The van der Waals surface area contributed by atoms with E-state index in [1.54, 1.807) is 63.4 Å². The van der Waals surface area contributed by atoms with Crippen LogP contribution >= 0.6 is 23.4 Å². The van der Waals surface area contributed by atoms with Crippen molar-refractivity contribution in [3.8, 4) is 34.8 Å². The number of carbonyl (C=O) groups is 1. The number of nitrogens with zero attached hydrogens (tertiary/aromatic N) is 2. The first-order valence-corrected chi connectivity index (χ1v) is 16.6. The number of methoxy groups -OCH3 is 4. The maximum absolute atomic E-state index is 13.3. The van der Waals surface area contributed by atoms with Crippen molar-refractivity contribution >= 4 is 40.8 Å². The Labute approximate surface area is 294 Å². The van der Waals surface area contributed by atoms with E-state index in [4.69, 9.17) is 45.3 Å². The maximum Gasteiger partial charge on any atom is 0.350 e. The first-order chi connectivity index (χ1) is 23.8. The Morgan fingerprint density at radius 2 is 1.47 bits per heavy atom. The second kappa shape index (κ2) is 16.5. The molecule has 11 nitrogen and oxygen atoms in total. The first kappa shape index (κ1) is 35.5. The standard InChI is InChI=1S/C36H36ClN3O8S/c1-43-31-18-23(29-13-14-30(48-29)24-19-32(44-2)35(46-4)33(20-24)45-3)17-28(39-36(41)40(42)26-9-7-25(37)8-10-26)34(31)47-15-16-49-27-11-5-22(21-38)6-12-27/h5-12,17-20,29-30,42H,13-16H2,1-4H3,(H,39,41). The molecule has 2 atom stereocenters. The van der Waals surface area contributed by atoms with Gasteiger partial charge in [0.15, 0.2) is 23.0 Å². The summed E-state index contributed by atoms with van der Waals surface area (Å²) in [5.41, 5.74) is 2.71. The molecule has 256 valence electrons. The van der Waals surface area contributed by atoms with Crippen LogP contribution in [-0.2, 0) is 4.74 Å². The number of rotatable bonds is 13. The van der Waals surface area contributed by atoms with Crippen LogP contribution in [0.5, 0.6) is 28.7 Å². The summed E-state index contributed by atoms with van der Waals surface area (Å²) < 4.78 is 35.1. The van der Waals surface area contributed by atoms with Crippen LogP contribution in [0.1, 0.15) is 41.7 Å². The molecular weight excluding hydrogens is 670 g/mol. The smallest absolute Gasteiger partial charge is 0.350 e. The van der Waals surface area contributed by atoms with Gasteiger partial charge in [-0.15, -0.1) is 11.8 Å². The van der Waals surface area contributed by atoms with Gasteiger partial charge in [-0.1, -0.05) is 11.6 Å². The van der Waals surface area contributed by atoms with E-state index in [9.17, 15) is 10.0 Å². The molecule has 1 heterocycles. The third-order valence-electron chi connectivity index (χ3n) is 7.83. The minimum Gasteiger partial charge on any atom is -0.493 e. The number of nitriles is 1. The Morgan fingerprint density at radius 1 is 0.898 bits per heavy atom. The van der Waals surface area contributed by atoms with Crippen molar-refractivity contribution in [1.82, 2.24) is 0 Å². The number of hydroxylamine groups is 1. The Kier molecular flexibility index (Phi) is 12.0. The second-order valence-electron chi connectivity index (χ2n) is 10.8. The van der Waals surface area contributed by atoms with Gasteiger partial charge < -0.3 is 33.7 Å². The van der Waals surface area contributed by atoms with Gasteiger partial charge in [0.1, 0.15) is 0 Å². The van der Waals surface area contributed by atoms with Gasteiger partial charge in [-0.2, -0.15) is 10.3 Å². The number of hydrogen-bond acceptors (Lipinski definition) is 10. The Balaban J connectivity index is 1.39. The van der Waals surface area contributed by atoms with Gasteiger partial charge in [-0.3, -0.25) is 5.21 Å². The number of thioether (sulfide) groups is 1. The number of nitrogens with one attached hydrogen (secondary N) is 1. The van der Waals surface area contributed by atoms with E-state index in [2.05, 4.69) is 11.4 Å². The molecule has 2 amide bonds. The molecule has 13 heteroatoms. The lowest BCUT2D eigenvalue weighted by atomic mass is 10.0. The number of amides is 2. The zero-order valence-electron chi connectivity index (χ0n) is 27.4. The van der Waals surface area contributed by atoms with Gasteiger partial charge in [0.05, 0.1) is 70.3 Å². The molecule has 0 radical (unpaired) electrons. The van der Waals surface area contributed by atoms with Crippen LogP contribution in [0.15, 0.2) is 77.7 Å². The van der Waals surface area contributed by atoms with Crippen LogP contribution in [0.25, 0.3) is 0 Å². The second-order valence-corrected chi connectivity index (χ2v) is 12.4. The van der Waals surface area contributed by atoms with E-state index >= 15 is 0 Å². The molecule has 2 N–H and O–H groups in total. The molecule has 0 aliphatic carbocycles. The molecule has 0 bridgehead atoms. The third-order valence-corrected chi connectivity index (χ3v) is 9.06. The topological polar surface area (TPSA) is 132 Å². The van der Waals surface area contributed by atoms with Crippen molar-refractivity contribution < 1.29 is 38.4 Å². The fourth-order valence-electron chi connectivity index (χ4n) is 5.41. The normalized spacial score (nSPS) is 15.2. The number of anilines is 2. The summed E-state index contributed by atoms with van der Waals surface area (Å²) in [6, 6.07) is 22.1. The molecular formula is C36H36ClN3O8S.